The predicted molar refractivity (Wildman–Crippen MR) is 88.8 cm³/mol. The van der Waals surface area contributed by atoms with Crippen LogP contribution in [0.25, 0.3) is 0 Å². The van der Waals surface area contributed by atoms with Gasteiger partial charge in [-0.2, -0.15) is 13.2 Å². The molecule has 0 aliphatic heterocycles. The molecule has 138 valence electrons. The highest BCUT2D eigenvalue weighted by molar-refractivity contribution is 5.95. The van der Waals surface area contributed by atoms with E-state index in [0.717, 1.165) is 12.1 Å². The first-order chi connectivity index (χ1) is 12.3. The highest BCUT2D eigenvalue weighted by Gasteiger charge is 2.33. The molecule has 0 fully saturated rings. The largest absolute Gasteiger partial charge is 0.462 e. The van der Waals surface area contributed by atoms with Crippen molar-refractivity contribution in [3.8, 4) is 0 Å². The SMILES string of the molecule is C=CCc1cc(F)ccc1Nc1nc(C(F)(F)F)ccc1C(=O)OCC. The number of anilines is 2. The second-order valence-electron chi connectivity index (χ2n) is 5.23. The third-order valence-electron chi connectivity index (χ3n) is 3.37. The van der Waals surface area contributed by atoms with Crippen molar-refractivity contribution in [1.29, 1.82) is 0 Å². The van der Waals surface area contributed by atoms with Crippen molar-refractivity contribution in [2.24, 2.45) is 0 Å². The Morgan fingerprint density at radius 2 is 2.04 bits per heavy atom. The molecule has 0 spiro atoms. The van der Waals surface area contributed by atoms with Crippen LogP contribution in [0.2, 0.25) is 0 Å². The van der Waals surface area contributed by atoms with E-state index >= 15 is 0 Å². The fourth-order valence-electron chi connectivity index (χ4n) is 2.22. The van der Waals surface area contributed by atoms with Gasteiger partial charge in [0.1, 0.15) is 22.9 Å². The van der Waals surface area contributed by atoms with E-state index in [1.54, 1.807) is 6.92 Å². The number of aromatic nitrogens is 1. The summed E-state index contributed by atoms with van der Waals surface area (Å²) in [7, 11) is 0. The quantitative estimate of drug-likeness (QED) is 0.448. The Morgan fingerprint density at radius 1 is 1.31 bits per heavy atom. The number of esters is 1. The van der Waals surface area contributed by atoms with Gasteiger partial charge < -0.3 is 10.1 Å². The van der Waals surface area contributed by atoms with Gasteiger partial charge in [0.2, 0.25) is 0 Å². The summed E-state index contributed by atoms with van der Waals surface area (Å²) in [5.41, 5.74) is -0.563. The van der Waals surface area contributed by atoms with E-state index in [1.807, 2.05) is 0 Å². The molecule has 26 heavy (non-hydrogen) atoms. The predicted octanol–water partition coefficient (Wildman–Crippen LogP) is 4.89. The summed E-state index contributed by atoms with van der Waals surface area (Å²) in [5.74, 6) is -1.64. The van der Waals surface area contributed by atoms with E-state index in [2.05, 4.69) is 16.9 Å². The number of halogens is 4. The van der Waals surface area contributed by atoms with Gasteiger partial charge in [0.25, 0.3) is 0 Å². The molecule has 2 rings (SSSR count). The van der Waals surface area contributed by atoms with Crippen LogP contribution in [0, 0.1) is 5.82 Å². The van der Waals surface area contributed by atoms with Crippen LogP contribution in [0.4, 0.5) is 29.1 Å². The number of hydrogen-bond acceptors (Lipinski definition) is 4. The maximum Gasteiger partial charge on any atom is 0.433 e. The first-order valence-electron chi connectivity index (χ1n) is 7.68. The average molecular weight is 368 g/mol. The van der Waals surface area contributed by atoms with Gasteiger partial charge in [-0.1, -0.05) is 6.08 Å². The monoisotopic (exact) mass is 368 g/mol. The summed E-state index contributed by atoms with van der Waals surface area (Å²) in [5, 5.41) is 2.68. The van der Waals surface area contributed by atoms with Crippen LogP contribution in [0.1, 0.15) is 28.5 Å². The molecule has 8 heteroatoms. The number of nitrogens with one attached hydrogen (secondary N) is 1. The summed E-state index contributed by atoms with van der Waals surface area (Å²) in [6, 6.07) is 5.42. The number of pyridine rings is 1. The van der Waals surface area contributed by atoms with E-state index in [-0.39, 0.29) is 24.4 Å². The van der Waals surface area contributed by atoms with Gasteiger partial charge in [-0.25, -0.2) is 14.2 Å². The highest BCUT2D eigenvalue weighted by Crippen LogP contribution is 2.31. The molecule has 0 radical (unpaired) electrons. The van der Waals surface area contributed by atoms with Gasteiger partial charge in [0, 0.05) is 5.69 Å². The number of benzene rings is 1. The molecule has 1 heterocycles. The lowest BCUT2D eigenvalue weighted by molar-refractivity contribution is -0.141. The lowest BCUT2D eigenvalue weighted by Crippen LogP contribution is -2.14. The molecule has 2 aromatic rings. The zero-order valence-corrected chi connectivity index (χ0v) is 13.9. The number of rotatable bonds is 6. The van der Waals surface area contributed by atoms with Gasteiger partial charge in [-0.15, -0.1) is 6.58 Å². The Kier molecular flexibility index (Phi) is 5.97. The molecular weight excluding hydrogens is 352 g/mol. The first-order valence-corrected chi connectivity index (χ1v) is 7.68. The van der Waals surface area contributed by atoms with Crippen molar-refractivity contribution >= 4 is 17.5 Å². The van der Waals surface area contributed by atoms with Gasteiger partial charge in [0.05, 0.1) is 6.61 Å². The standard InChI is InChI=1S/C18H16F4N2O2/c1-3-5-11-10-12(19)6-8-14(11)23-16-13(17(25)26-4-2)7-9-15(24-16)18(20,21)22/h3,6-10H,1,4-5H2,2H3,(H,23,24). The minimum absolute atomic E-state index is 0.0531. The summed E-state index contributed by atoms with van der Waals surface area (Å²) in [4.78, 5) is 15.5. The maximum absolute atomic E-state index is 13.4. The summed E-state index contributed by atoms with van der Waals surface area (Å²) < 4.78 is 57.2. The Morgan fingerprint density at radius 3 is 2.65 bits per heavy atom. The summed E-state index contributed by atoms with van der Waals surface area (Å²) in [6.07, 6.45) is -2.89. The van der Waals surface area contributed by atoms with Crippen LogP contribution in [0.15, 0.2) is 43.0 Å². The van der Waals surface area contributed by atoms with Crippen molar-refractivity contribution in [3.63, 3.8) is 0 Å². The number of carbonyl (C=O) groups is 1. The molecule has 0 bridgehead atoms. The molecule has 0 aliphatic carbocycles. The van der Waals surface area contributed by atoms with Crippen molar-refractivity contribution in [2.45, 2.75) is 19.5 Å². The minimum Gasteiger partial charge on any atom is -0.462 e. The fourth-order valence-corrected chi connectivity index (χ4v) is 2.22. The number of hydrogen-bond donors (Lipinski definition) is 1. The smallest absolute Gasteiger partial charge is 0.433 e. The number of nitrogens with zero attached hydrogens (tertiary/aromatic N) is 1. The average Bonchev–Trinajstić information content (AvgIpc) is 2.57. The third kappa shape index (κ3) is 4.59. The lowest BCUT2D eigenvalue weighted by atomic mass is 10.1. The van der Waals surface area contributed by atoms with E-state index < -0.39 is 23.7 Å². The Balaban J connectivity index is 2.52. The number of allylic oxidation sites excluding steroid dienone is 1. The van der Waals surface area contributed by atoms with Crippen LogP contribution >= 0.6 is 0 Å². The first kappa shape index (κ1) is 19.4. The zero-order valence-electron chi connectivity index (χ0n) is 13.9. The van der Waals surface area contributed by atoms with E-state index in [0.29, 0.717) is 17.3 Å². The van der Waals surface area contributed by atoms with Crippen molar-refractivity contribution in [2.75, 3.05) is 11.9 Å². The molecule has 0 unspecified atom stereocenters. The Bertz CT molecular complexity index is 819. The second-order valence-corrected chi connectivity index (χ2v) is 5.23. The zero-order chi connectivity index (χ0) is 19.3. The van der Waals surface area contributed by atoms with Crippen LogP contribution in [0.5, 0.6) is 0 Å². The molecular formula is C18H16F4N2O2. The molecule has 1 aromatic heterocycles. The molecule has 1 aromatic carbocycles. The Labute approximate surface area is 147 Å². The van der Waals surface area contributed by atoms with Crippen molar-refractivity contribution in [1.82, 2.24) is 4.98 Å². The Hall–Kier alpha value is -2.90. The minimum atomic E-state index is -4.68. The van der Waals surface area contributed by atoms with Gasteiger partial charge >= 0.3 is 12.1 Å². The number of alkyl halides is 3. The van der Waals surface area contributed by atoms with Crippen LogP contribution in [-0.2, 0) is 17.3 Å². The normalized spacial score (nSPS) is 11.1. The third-order valence-corrected chi connectivity index (χ3v) is 3.37. The number of carbonyl (C=O) groups excluding carboxylic acids is 1. The molecule has 0 aliphatic rings. The van der Waals surface area contributed by atoms with E-state index in [4.69, 9.17) is 4.74 Å². The van der Waals surface area contributed by atoms with E-state index in [1.165, 1.54) is 18.2 Å². The molecule has 0 saturated heterocycles. The van der Waals surface area contributed by atoms with E-state index in [9.17, 15) is 22.4 Å². The van der Waals surface area contributed by atoms with Crippen molar-refractivity contribution < 1.29 is 27.1 Å². The fraction of sp³-hybridized carbons (Fsp3) is 0.222. The molecule has 4 nitrogen and oxygen atoms in total. The topological polar surface area (TPSA) is 51.2 Å². The summed E-state index contributed by atoms with van der Waals surface area (Å²) >= 11 is 0. The number of ether oxygens (including phenoxy) is 1. The highest BCUT2D eigenvalue weighted by atomic mass is 19.4. The molecule has 0 amide bonds. The molecule has 0 saturated carbocycles. The molecule has 0 atom stereocenters. The second kappa shape index (κ2) is 7.99. The van der Waals surface area contributed by atoms with Crippen LogP contribution in [-0.4, -0.2) is 17.6 Å². The van der Waals surface area contributed by atoms with Crippen molar-refractivity contribution in [3.05, 3.63) is 65.6 Å². The lowest BCUT2D eigenvalue weighted by Gasteiger charge is -2.15. The van der Waals surface area contributed by atoms with Crippen LogP contribution < -0.4 is 5.32 Å². The maximum atomic E-state index is 13.4. The summed E-state index contributed by atoms with van der Waals surface area (Å²) in [6.45, 7) is 5.19. The van der Waals surface area contributed by atoms with Gasteiger partial charge in [0.15, 0.2) is 0 Å². The van der Waals surface area contributed by atoms with Gasteiger partial charge in [-0.3, -0.25) is 0 Å². The van der Waals surface area contributed by atoms with Gasteiger partial charge in [-0.05, 0) is 49.2 Å². The van der Waals surface area contributed by atoms with Crippen LogP contribution in [0.3, 0.4) is 0 Å². The molecule has 1 N–H and O–H groups in total.